The van der Waals surface area contributed by atoms with E-state index in [4.69, 9.17) is 4.74 Å². The van der Waals surface area contributed by atoms with E-state index in [1.807, 2.05) is 24.3 Å². The molecular formula is C13H16O. The SMILES string of the molecule is C=CCC(=C)COCc1ccccc1. The zero-order valence-corrected chi connectivity index (χ0v) is 8.41. The Morgan fingerprint density at radius 1 is 1.29 bits per heavy atom. The molecule has 0 radical (unpaired) electrons. The Bertz CT molecular complexity index is 287. The maximum absolute atomic E-state index is 5.49. The molecule has 0 aromatic heterocycles. The van der Waals surface area contributed by atoms with E-state index in [1.165, 1.54) is 5.56 Å². The Balaban J connectivity index is 2.22. The molecule has 0 fully saturated rings. The zero-order valence-electron chi connectivity index (χ0n) is 8.41. The quantitative estimate of drug-likeness (QED) is 0.622. The molecular weight excluding hydrogens is 172 g/mol. The average Bonchev–Trinajstić information content (AvgIpc) is 2.20. The topological polar surface area (TPSA) is 9.23 Å². The van der Waals surface area contributed by atoms with Crippen LogP contribution in [-0.2, 0) is 11.3 Å². The summed E-state index contributed by atoms with van der Waals surface area (Å²) in [6, 6.07) is 10.1. The molecule has 1 nitrogen and oxygen atoms in total. The fraction of sp³-hybridized carbons (Fsp3) is 0.231. The molecule has 0 bridgehead atoms. The van der Waals surface area contributed by atoms with Gasteiger partial charge in [-0.1, -0.05) is 43.0 Å². The first-order valence-electron chi connectivity index (χ1n) is 4.72. The molecule has 0 spiro atoms. The van der Waals surface area contributed by atoms with Crippen molar-refractivity contribution in [3.63, 3.8) is 0 Å². The summed E-state index contributed by atoms with van der Waals surface area (Å²) in [6.45, 7) is 8.79. The largest absolute Gasteiger partial charge is 0.372 e. The van der Waals surface area contributed by atoms with Gasteiger partial charge >= 0.3 is 0 Å². The third-order valence-electron chi connectivity index (χ3n) is 1.85. The molecule has 0 saturated carbocycles. The third-order valence-corrected chi connectivity index (χ3v) is 1.85. The molecule has 1 aromatic rings. The number of hydrogen-bond acceptors (Lipinski definition) is 1. The van der Waals surface area contributed by atoms with Crippen molar-refractivity contribution in [3.05, 3.63) is 60.7 Å². The predicted octanol–water partition coefficient (Wildman–Crippen LogP) is 3.34. The minimum Gasteiger partial charge on any atom is -0.372 e. The second-order valence-electron chi connectivity index (χ2n) is 3.22. The van der Waals surface area contributed by atoms with E-state index in [9.17, 15) is 0 Å². The molecule has 0 aliphatic rings. The summed E-state index contributed by atoms with van der Waals surface area (Å²) in [5.74, 6) is 0. The van der Waals surface area contributed by atoms with Crippen LogP contribution in [-0.4, -0.2) is 6.61 Å². The lowest BCUT2D eigenvalue weighted by Gasteiger charge is -2.05. The van der Waals surface area contributed by atoms with E-state index in [1.54, 1.807) is 0 Å². The van der Waals surface area contributed by atoms with Crippen molar-refractivity contribution in [1.82, 2.24) is 0 Å². The van der Waals surface area contributed by atoms with Gasteiger partial charge in [-0.2, -0.15) is 0 Å². The van der Waals surface area contributed by atoms with E-state index in [2.05, 4.69) is 25.3 Å². The highest BCUT2D eigenvalue weighted by Gasteiger charge is 1.93. The Kier molecular flexibility index (Phi) is 4.73. The molecule has 0 N–H and O–H groups in total. The van der Waals surface area contributed by atoms with E-state index in [0.29, 0.717) is 13.2 Å². The summed E-state index contributed by atoms with van der Waals surface area (Å²) >= 11 is 0. The molecule has 0 unspecified atom stereocenters. The maximum Gasteiger partial charge on any atom is 0.0721 e. The van der Waals surface area contributed by atoms with Gasteiger partial charge in [0.25, 0.3) is 0 Å². The summed E-state index contributed by atoms with van der Waals surface area (Å²) in [6.07, 6.45) is 2.67. The van der Waals surface area contributed by atoms with Crippen LogP contribution >= 0.6 is 0 Å². The molecule has 74 valence electrons. The minimum absolute atomic E-state index is 0.612. The van der Waals surface area contributed by atoms with Gasteiger partial charge in [-0.15, -0.1) is 6.58 Å². The van der Waals surface area contributed by atoms with Gasteiger partial charge in [-0.05, 0) is 17.6 Å². The third kappa shape index (κ3) is 4.06. The van der Waals surface area contributed by atoms with Crippen LogP contribution in [0.4, 0.5) is 0 Å². The lowest BCUT2D eigenvalue weighted by Crippen LogP contribution is -1.97. The molecule has 1 heteroatoms. The Morgan fingerprint density at radius 2 is 2.00 bits per heavy atom. The smallest absolute Gasteiger partial charge is 0.0721 e. The summed E-state index contributed by atoms with van der Waals surface area (Å²) in [4.78, 5) is 0. The maximum atomic E-state index is 5.49. The van der Waals surface area contributed by atoms with Crippen LogP contribution in [0.2, 0.25) is 0 Å². The van der Waals surface area contributed by atoms with E-state index >= 15 is 0 Å². The molecule has 14 heavy (non-hydrogen) atoms. The van der Waals surface area contributed by atoms with Gasteiger partial charge in [0.15, 0.2) is 0 Å². The van der Waals surface area contributed by atoms with Gasteiger partial charge in [-0.25, -0.2) is 0 Å². The number of rotatable bonds is 6. The van der Waals surface area contributed by atoms with Crippen LogP contribution in [0.3, 0.4) is 0 Å². The average molecular weight is 188 g/mol. The number of hydrogen-bond donors (Lipinski definition) is 0. The summed E-state index contributed by atoms with van der Waals surface area (Å²) in [5.41, 5.74) is 2.26. The van der Waals surface area contributed by atoms with Crippen molar-refractivity contribution in [1.29, 1.82) is 0 Å². The molecule has 0 aliphatic heterocycles. The molecule has 1 rings (SSSR count). The second-order valence-corrected chi connectivity index (χ2v) is 3.22. The monoisotopic (exact) mass is 188 g/mol. The highest BCUT2D eigenvalue weighted by Crippen LogP contribution is 2.04. The fourth-order valence-corrected chi connectivity index (χ4v) is 1.15. The molecule has 0 heterocycles. The summed E-state index contributed by atoms with van der Waals surface area (Å²) in [7, 11) is 0. The van der Waals surface area contributed by atoms with Gasteiger partial charge in [-0.3, -0.25) is 0 Å². The highest BCUT2D eigenvalue weighted by atomic mass is 16.5. The van der Waals surface area contributed by atoms with Crippen molar-refractivity contribution in [3.8, 4) is 0 Å². The van der Waals surface area contributed by atoms with Crippen LogP contribution in [0.15, 0.2) is 55.1 Å². The highest BCUT2D eigenvalue weighted by molar-refractivity contribution is 5.13. The Hall–Kier alpha value is -1.34. The number of allylic oxidation sites excluding steroid dienone is 1. The van der Waals surface area contributed by atoms with Gasteiger partial charge in [0.1, 0.15) is 0 Å². The first-order chi connectivity index (χ1) is 6.83. The lowest BCUT2D eigenvalue weighted by molar-refractivity contribution is 0.142. The Morgan fingerprint density at radius 3 is 2.64 bits per heavy atom. The van der Waals surface area contributed by atoms with Crippen molar-refractivity contribution in [2.75, 3.05) is 6.61 Å². The Labute approximate surface area is 85.7 Å². The lowest BCUT2D eigenvalue weighted by atomic mass is 10.2. The van der Waals surface area contributed by atoms with Crippen LogP contribution < -0.4 is 0 Å². The summed E-state index contributed by atoms with van der Waals surface area (Å²) in [5, 5.41) is 0. The first kappa shape index (κ1) is 10.7. The molecule has 1 aromatic carbocycles. The normalized spacial score (nSPS) is 9.71. The van der Waals surface area contributed by atoms with Gasteiger partial charge < -0.3 is 4.74 Å². The molecule has 0 amide bonds. The van der Waals surface area contributed by atoms with Crippen molar-refractivity contribution in [2.24, 2.45) is 0 Å². The first-order valence-corrected chi connectivity index (χ1v) is 4.72. The van der Waals surface area contributed by atoms with Gasteiger partial charge in [0, 0.05) is 0 Å². The van der Waals surface area contributed by atoms with Gasteiger partial charge in [0.2, 0.25) is 0 Å². The number of ether oxygens (including phenoxy) is 1. The van der Waals surface area contributed by atoms with Crippen LogP contribution in [0.1, 0.15) is 12.0 Å². The minimum atomic E-state index is 0.612. The van der Waals surface area contributed by atoms with E-state index in [0.717, 1.165) is 12.0 Å². The molecule has 0 saturated heterocycles. The van der Waals surface area contributed by atoms with Crippen molar-refractivity contribution >= 4 is 0 Å². The second kappa shape index (κ2) is 6.17. The van der Waals surface area contributed by atoms with Crippen LogP contribution in [0, 0.1) is 0 Å². The molecule has 0 atom stereocenters. The van der Waals surface area contributed by atoms with Crippen molar-refractivity contribution < 1.29 is 4.74 Å². The fourth-order valence-electron chi connectivity index (χ4n) is 1.15. The summed E-state index contributed by atoms with van der Waals surface area (Å²) < 4.78 is 5.49. The standard InChI is InChI=1S/C13H16O/c1-3-7-12(2)10-14-11-13-8-5-4-6-9-13/h3-6,8-9H,1-2,7,10-11H2. The predicted molar refractivity (Wildman–Crippen MR) is 60.1 cm³/mol. The zero-order chi connectivity index (χ0) is 10.2. The van der Waals surface area contributed by atoms with Gasteiger partial charge in [0.05, 0.1) is 13.2 Å². The van der Waals surface area contributed by atoms with Crippen LogP contribution in [0.25, 0.3) is 0 Å². The molecule has 0 aliphatic carbocycles. The van der Waals surface area contributed by atoms with E-state index < -0.39 is 0 Å². The van der Waals surface area contributed by atoms with E-state index in [-0.39, 0.29) is 0 Å². The van der Waals surface area contributed by atoms with Crippen molar-refractivity contribution in [2.45, 2.75) is 13.0 Å². The number of benzene rings is 1. The van der Waals surface area contributed by atoms with Crippen LogP contribution in [0.5, 0.6) is 0 Å².